The summed E-state index contributed by atoms with van der Waals surface area (Å²) in [4.78, 5) is 8.09. The van der Waals surface area contributed by atoms with Gasteiger partial charge in [-0.3, -0.25) is 0 Å². The molecule has 1 rings (SSSR count). The van der Waals surface area contributed by atoms with E-state index in [4.69, 9.17) is 4.74 Å². The molecule has 0 aromatic carbocycles. The van der Waals surface area contributed by atoms with Gasteiger partial charge in [-0.25, -0.2) is 9.97 Å². The number of nitrogens with zero attached hydrogens (tertiary/aromatic N) is 2. The van der Waals surface area contributed by atoms with Crippen LogP contribution in [0, 0.1) is 6.92 Å². The summed E-state index contributed by atoms with van der Waals surface area (Å²) in [5.41, 5.74) is 0.928. The second-order valence-electron chi connectivity index (χ2n) is 2.44. The fourth-order valence-corrected chi connectivity index (χ4v) is 0.781. The van der Waals surface area contributed by atoms with Gasteiger partial charge in [0.05, 0.1) is 24.7 Å². The van der Waals surface area contributed by atoms with Gasteiger partial charge >= 0.3 is 0 Å². The van der Waals surface area contributed by atoms with E-state index in [0.29, 0.717) is 6.61 Å². The van der Waals surface area contributed by atoms with E-state index >= 15 is 0 Å². The van der Waals surface area contributed by atoms with E-state index in [1.807, 2.05) is 6.92 Å². The summed E-state index contributed by atoms with van der Waals surface area (Å²) in [7, 11) is 1.67. The van der Waals surface area contributed by atoms with Gasteiger partial charge in [-0.05, 0) is 6.92 Å². The van der Waals surface area contributed by atoms with Gasteiger partial charge in [0.2, 0.25) is 0 Å². The first kappa shape index (κ1) is 8.93. The average molecular weight is 167 g/mol. The van der Waals surface area contributed by atoms with E-state index in [-0.39, 0.29) is 0 Å². The molecule has 1 aromatic heterocycles. The highest BCUT2D eigenvalue weighted by Crippen LogP contribution is 2.00. The Labute approximate surface area is 72.0 Å². The highest BCUT2D eigenvalue weighted by Gasteiger charge is 1.91. The summed E-state index contributed by atoms with van der Waals surface area (Å²) in [5.74, 6) is 0.785. The van der Waals surface area contributed by atoms with Crippen LogP contribution in [0.15, 0.2) is 12.4 Å². The Hall–Kier alpha value is -1.16. The number of nitrogens with one attached hydrogen (secondary N) is 1. The number of methoxy groups -OCH3 is 1. The largest absolute Gasteiger partial charge is 0.383 e. The van der Waals surface area contributed by atoms with Gasteiger partial charge in [0, 0.05) is 13.7 Å². The van der Waals surface area contributed by atoms with Crippen LogP contribution in [0.4, 0.5) is 5.69 Å². The van der Waals surface area contributed by atoms with E-state index in [9.17, 15) is 0 Å². The molecule has 4 heteroatoms. The quantitative estimate of drug-likeness (QED) is 0.675. The number of hydrogen-bond donors (Lipinski definition) is 1. The van der Waals surface area contributed by atoms with E-state index in [2.05, 4.69) is 15.3 Å². The van der Waals surface area contributed by atoms with Crippen LogP contribution >= 0.6 is 0 Å². The smallest absolute Gasteiger partial charge is 0.125 e. The number of aryl methyl sites for hydroxylation is 1. The van der Waals surface area contributed by atoms with Crippen molar-refractivity contribution in [2.24, 2.45) is 0 Å². The predicted molar refractivity (Wildman–Crippen MR) is 47.1 cm³/mol. The van der Waals surface area contributed by atoms with Crippen LogP contribution < -0.4 is 5.32 Å². The van der Waals surface area contributed by atoms with Gasteiger partial charge < -0.3 is 10.1 Å². The van der Waals surface area contributed by atoms with Crippen LogP contribution in [-0.4, -0.2) is 30.2 Å². The first-order chi connectivity index (χ1) is 5.83. The summed E-state index contributed by atoms with van der Waals surface area (Å²) >= 11 is 0. The Morgan fingerprint density at radius 3 is 2.67 bits per heavy atom. The molecule has 0 amide bonds. The SMILES string of the molecule is COCCNc1cnc(C)nc1. The van der Waals surface area contributed by atoms with Gasteiger partial charge in [0.25, 0.3) is 0 Å². The zero-order chi connectivity index (χ0) is 8.81. The van der Waals surface area contributed by atoms with E-state index < -0.39 is 0 Å². The van der Waals surface area contributed by atoms with Crippen molar-refractivity contribution in [3.8, 4) is 0 Å². The van der Waals surface area contributed by atoms with Crippen molar-refractivity contribution in [2.45, 2.75) is 6.92 Å². The normalized spacial score (nSPS) is 9.83. The number of ether oxygens (including phenoxy) is 1. The maximum absolute atomic E-state index is 4.88. The van der Waals surface area contributed by atoms with Crippen molar-refractivity contribution in [3.63, 3.8) is 0 Å². The molecule has 0 atom stereocenters. The third-order valence-corrected chi connectivity index (χ3v) is 1.42. The van der Waals surface area contributed by atoms with Crippen molar-refractivity contribution < 1.29 is 4.74 Å². The van der Waals surface area contributed by atoms with E-state index in [1.165, 1.54) is 0 Å². The average Bonchev–Trinajstić information content (AvgIpc) is 2.09. The highest BCUT2D eigenvalue weighted by atomic mass is 16.5. The van der Waals surface area contributed by atoms with Gasteiger partial charge in [0.1, 0.15) is 5.82 Å². The minimum atomic E-state index is 0.688. The van der Waals surface area contributed by atoms with Crippen LogP contribution in [0.2, 0.25) is 0 Å². The van der Waals surface area contributed by atoms with Crippen LogP contribution in [0.5, 0.6) is 0 Å². The van der Waals surface area contributed by atoms with Crippen molar-refractivity contribution in [1.29, 1.82) is 0 Å². The Morgan fingerprint density at radius 1 is 1.42 bits per heavy atom. The third kappa shape index (κ3) is 2.84. The van der Waals surface area contributed by atoms with Crippen molar-refractivity contribution in [2.75, 3.05) is 25.6 Å². The molecular weight excluding hydrogens is 154 g/mol. The highest BCUT2D eigenvalue weighted by molar-refractivity contribution is 5.37. The number of rotatable bonds is 4. The van der Waals surface area contributed by atoms with Crippen molar-refractivity contribution in [3.05, 3.63) is 18.2 Å². The van der Waals surface area contributed by atoms with Gasteiger partial charge in [0.15, 0.2) is 0 Å². The standard InChI is InChI=1S/C8H13N3O/c1-7-10-5-8(6-11-7)9-3-4-12-2/h5-6,9H,3-4H2,1-2H3. The van der Waals surface area contributed by atoms with Crippen LogP contribution in [0.25, 0.3) is 0 Å². The predicted octanol–water partition coefficient (Wildman–Crippen LogP) is 0.843. The fraction of sp³-hybridized carbons (Fsp3) is 0.500. The van der Waals surface area contributed by atoms with Crippen molar-refractivity contribution in [1.82, 2.24) is 9.97 Å². The molecule has 4 nitrogen and oxygen atoms in total. The molecule has 1 aromatic rings. The lowest BCUT2D eigenvalue weighted by molar-refractivity contribution is 0.211. The monoisotopic (exact) mass is 167 g/mol. The third-order valence-electron chi connectivity index (χ3n) is 1.42. The minimum Gasteiger partial charge on any atom is -0.383 e. The Bertz CT molecular complexity index is 222. The van der Waals surface area contributed by atoms with Crippen LogP contribution in [-0.2, 0) is 4.74 Å². The molecule has 66 valence electrons. The molecule has 0 aliphatic heterocycles. The van der Waals surface area contributed by atoms with E-state index in [1.54, 1.807) is 19.5 Å². The molecular formula is C8H13N3O. The summed E-state index contributed by atoms with van der Waals surface area (Å²) in [6.45, 7) is 3.33. The maximum atomic E-state index is 4.88. The molecule has 1 heterocycles. The molecule has 12 heavy (non-hydrogen) atoms. The number of anilines is 1. The number of aromatic nitrogens is 2. The molecule has 0 unspecified atom stereocenters. The Balaban J connectivity index is 2.37. The first-order valence-electron chi connectivity index (χ1n) is 3.84. The zero-order valence-electron chi connectivity index (χ0n) is 7.37. The maximum Gasteiger partial charge on any atom is 0.125 e. The summed E-state index contributed by atoms with van der Waals surface area (Å²) in [6.07, 6.45) is 3.52. The first-order valence-corrected chi connectivity index (χ1v) is 3.84. The zero-order valence-corrected chi connectivity index (χ0v) is 7.37. The lowest BCUT2D eigenvalue weighted by Crippen LogP contribution is -2.08. The molecule has 0 saturated heterocycles. The Morgan fingerprint density at radius 2 is 2.08 bits per heavy atom. The summed E-state index contributed by atoms with van der Waals surface area (Å²) in [6, 6.07) is 0. The lowest BCUT2D eigenvalue weighted by Gasteiger charge is -2.03. The van der Waals surface area contributed by atoms with Crippen LogP contribution in [0.1, 0.15) is 5.82 Å². The minimum absolute atomic E-state index is 0.688. The molecule has 0 aliphatic rings. The molecule has 0 saturated carbocycles. The Kier molecular flexibility index (Phi) is 3.47. The van der Waals surface area contributed by atoms with Gasteiger partial charge in [-0.15, -0.1) is 0 Å². The lowest BCUT2D eigenvalue weighted by atomic mass is 10.5. The molecule has 0 fully saturated rings. The van der Waals surface area contributed by atoms with Gasteiger partial charge in [-0.2, -0.15) is 0 Å². The topological polar surface area (TPSA) is 47.0 Å². The summed E-state index contributed by atoms with van der Waals surface area (Å²) < 4.78 is 4.88. The van der Waals surface area contributed by atoms with Gasteiger partial charge in [-0.1, -0.05) is 0 Å². The van der Waals surface area contributed by atoms with Crippen molar-refractivity contribution >= 4 is 5.69 Å². The summed E-state index contributed by atoms with van der Waals surface area (Å²) in [5, 5.41) is 3.12. The molecule has 0 bridgehead atoms. The molecule has 0 spiro atoms. The number of hydrogen-bond acceptors (Lipinski definition) is 4. The molecule has 0 aliphatic carbocycles. The molecule has 1 N–H and O–H groups in total. The second-order valence-corrected chi connectivity index (χ2v) is 2.44. The van der Waals surface area contributed by atoms with E-state index in [0.717, 1.165) is 18.1 Å². The van der Waals surface area contributed by atoms with Crippen LogP contribution in [0.3, 0.4) is 0 Å². The molecule has 0 radical (unpaired) electrons. The second kappa shape index (κ2) is 4.66. The fourth-order valence-electron chi connectivity index (χ4n) is 0.781.